The number of alkyl halides is 3. The van der Waals surface area contributed by atoms with Gasteiger partial charge in [-0.1, -0.05) is 23.2 Å². The van der Waals surface area contributed by atoms with E-state index in [1.54, 1.807) is 18.7 Å². The number of aromatic nitrogens is 1. The maximum absolute atomic E-state index is 13.6. The van der Waals surface area contributed by atoms with Gasteiger partial charge >= 0.3 is 6.36 Å². The van der Waals surface area contributed by atoms with Gasteiger partial charge in [0.05, 0.1) is 26.7 Å². The van der Waals surface area contributed by atoms with Gasteiger partial charge in [-0.25, -0.2) is 0 Å². The van der Waals surface area contributed by atoms with Crippen molar-refractivity contribution >= 4 is 45.9 Å². The quantitative estimate of drug-likeness (QED) is 0.522. The molecule has 11 heteroatoms. The highest BCUT2D eigenvalue weighted by molar-refractivity contribution is 6.41. The molecule has 2 heterocycles. The number of benzene rings is 2. The van der Waals surface area contributed by atoms with Crippen molar-refractivity contribution in [1.29, 1.82) is 0 Å². The summed E-state index contributed by atoms with van der Waals surface area (Å²) >= 11 is 12.9. The van der Waals surface area contributed by atoms with E-state index in [1.807, 2.05) is 0 Å². The second kappa shape index (κ2) is 9.13. The number of nitrogens with one attached hydrogen (secondary N) is 1. The van der Waals surface area contributed by atoms with Gasteiger partial charge in [0.25, 0.3) is 11.8 Å². The van der Waals surface area contributed by atoms with E-state index in [2.05, 4.69) is 10.1 Å². The Kier molecular flexibility index (Phi) is 6.54. The van der Waals surface area contributed by atoms with Crippen molar-refractivity contribution in [2.75, 3.05) is 26.2 Å². The molecule has 1 fully saturated rings. The SMILES string of the molecule is Cc1cn(C(=O)c2c(Cl)ccc(C(=O)N3CCNCC3)c2Cl)c2c(C)cc(OC(F)(F)F)cc12. The Morgan fingerprint density at radius 3 is 2.35 bits per heavy atom. The number of hydrogen-bond donors (Lipinski definition) is 1. The first-order chi connectivity index (χ1) is 16.0. The summed E-state index contributed by atoms with van der Waals surface area (Å²) in [5.74, 6) is -1.29. The van der Waals surface area contributed by atoms with Gasteiger partial charge in [0, 0.05) is 37.8 Å². The molecular weight excluding hydrogens is 494 g/mol. The van der Waals surface area contributed by atoms with Gasteiger partial charge in [0.1, 0.15) is 5.75 Å². The third-order valence-electron chi connectivity index (χ3n) is 5.65. The number of fused-ring (bicyclic) bond motifs is 1. The van der Waals surface area contributed by atoms with Gasteiger partial charge in [-0.3, -0.25) is 14.2 Å². The summed E-state index contributed by atoms with van der Waals surface area (Å²) in [5.41, 5.74) is 1.43. The zero-order chi connectivity index (χ0) is 24.8. The molecule has 1 N–H and O–H groups in total. The summed E-state index contributed by atoms with van der Waals surface area (Å²) in [7, 11) is 0. The molecule has 0 atom stereocenters. The average Bonchev–Trinajstić information content (AvgIpc) is 3.10. The van der Waals surface area contributed by atoms with E-state index >= 15 is 0 Å². The van der Waals surface area contributed by atoms with Crippen molar-refractivity contribution in [1.82, 2.24) is 14.8 Å². The molecule has 2 aromatic carbocycles. The van der Waals surface area contributed by atoms with E-state index in [4.69, 9.17) is 23.2 Å². The second-order valence-corrected chi connectivity index (χ2v) is 8.78. The van der Waals surface area contributed by atoms with E-state index in [9.17, 15) is 22.8 Å². The molecule has 34 heavy (non-hydrogen) atoms. The van der Waals surface area contributed by atoms with Gasteiger partial charge < -0.3 is 15.0 Å². The number of rotatable bonds is 3. The highest BCUT2D eigenvalue weighted by Gasteiger charge is 2.32. The number of ether oxygens (including phenoxy) is 1. The second-order valence-electron chi connectivity index (χ2n) is 8.00. The van der Waals surface area contributed by atoms with Crippen LogP contribution in [0.5, 0.6) is 5.75 Å². The minimum absolute atomic E-state index is 0.0565. The van der Waals surface area contributed by atoms with E-state index in [0.29, 0.717) is 48.2 Å². The molecular formula is C23H20Cl2F3N3O3. The Bertz CT molecular complexity index is 1300. The highest BCUT2D eigenvalue weighted by Crippen LogP contribution is 2.35. The van der Waals surface area contributed by atoms with Crippen LogP contribution in [-0.2, 0) is 0 Å². The molecule has 0 spiro atoms. The predicted molar refractivity (Wildman–Crippen MR) is 123 cm³/mol. The Hall–Kier alpha value is -2.75. The van der Waals surface area contributed by atoms with Crippen molar-refractivity contribution in [3.63, 3.8) is 0 Å². The number of nitrogens with zero attached hydrogens (tertiary/aromatic N) is 2. The lowest BCUT2D eigenvalue weighted by molar-refractivity contribution is -0.274. The van der Waals surface area contributed by atoms with Gasteiger partial charge in [0.15, 0.2) is 0 Å². The van der Waals surface area contributed by atoms with Crippen molar-refractivity contribution in [2.24, 2.45) is 0 Å². The topological polar surface area (TPSA) is 63.6 Å². The molecule has 0 saturated carbocycles. The number of amides is 1. The number of carbonyl (C=O) groups is 2. The smallest absolute Gasteiger partial charge is 0.406 e. The van der Waals surface area contributed by atoms with Crippen LogP contribution in [0.15, 0.2) is 30.5 Å². The third-order valence-corrected chi connectivity index (χ3v) is 6.36. The molecule has 0 radical (unpaired) electrons. The van der Waals surface area contributed by atoms with Crippen molar-refractivity contribution in [2.45, 2.75) is 20.2 Å². The third kappa shape index (κ3) is 4.60. The Morgan fingerprint density at radius 2 is 1.71 bits per heavy atom. The molecule has 0 aliphatic carbocycles. The van der Waals surface area contributed by atoms with Crippen LogP contribution in [0.4, 0.5) is 13.2 Å². The summed E-state index contributed by atoms with van der Waals surface area (Å²) < 4.78 is 43.5. The van der Waals surface area contributed by atoms with Crippen LogP contribution >= 0.6 is 23.2 Å². The highest BCUT2D eigenvalue weighted by atomic mass is 35.5. The fourth-order valence-electron chi connectivity index (χ4n) is 4.12. The van der Waals surface area contributed by atoms with Crippen LogP contribution in [0.2, 0.25) is 10.0 Å². The lowest BCUT2D eigenvalue weighted by atomic mass is 10.1. The van der Waals surface area contributed by atoms with Crippen LogP contribution < -0.4 is 10.1 Å². The lowest BCUT2D eigenvalue weighted by Crippen LogP contribution is -2.46. The summed E-state index contributed by atoms with van der Waals surface area (Å²) in [6.45, 7) is 5.54. The minimum atomic E-state index is -4.84. The first-order valence-electron chi connectivity index (χ1n) is 10.4. The summed E-state index contributed by atoms with van der Waals surface area (Å²) in [4.78, 5) is 28.2. The van der Waals surface area contributed by atoms with Crippen LogP contribution in [0, 0.1) is 13.8 Å². The van der Waals surface area contributed by atoms with E-state index < -0.39 is 12.3 Å². The van der Waals surface area contributed by atoms with Gasteiger partial charge in [-0.05, 0) is 49.2 Å². The molecule has 1 aliphatic heterocycles. The largest absolute Gasteiger partial charge is 0.573 e. The van der Waals surface area contributed by atoms with Crippen LogP contribution in [0.3, 0.4) is 0 Å². The van der Waals surface area contributed by atoms with Gasteiger partial charge in [-0.15, -0.1) is 13.2 Å². The normalized spacial score (nSPS) is 14.5. The molecule has 180 valence electrons. The van der Waals surface area contributed by atoms with E-state index in [-0.39, 0.29) is 32.8 Å². The molecule has 1 amide bonds. The predicted octanol–water partition coefficient (Wildman–Crippen LogP) is 5.20. The molecule has 0 unspecified atom stereocenters. The summed E-state index contributed by atoms with van der Waals surface area (Å²) in [6, 6.07) is 5.35. The maximum Gasteiger partial charge on any atom is 0.573 e. The Labute approximate surface area is 203 Å². The number of hydrogen-bond acceptors (Lipinski definition) is 4. The number of halogens is 5. The monoisotopic (exact) mass is 513 g/mol. The average molecular weight is 514 g/mol. The van der Waals surface area contributed by atoms with Crippen molar-refractivity contribution in [3.8, 4) is 5.75 Å². The van der Waals surface area contributed by atoms with Crippen LogP contribution in [0.1, 0.15) is 31.8 Å². The van der Waals surface area contributed by atoms with E-state index in [0.717, 1.165) is 0 Å². The van der Waals surface area contributed by atoms with Gasteiger partial charge in [-0.2, -0.15) is 0 Å². The summed E-state index contributed by atoms with van der Waals surface area (Å²) in [6.07, 6.45) is -3.35. The van der Waals surface area contributed by atoms with Crippen molar-refractivity contribution < 1.29 is 27.5 Å². The van der Waals surface area contributed by atoms with Crippen molar-refractivity contribution in [3.05, 3.63) is 62.8 Å². The Morgan fingerprint density at radius 1 is 1.03 bits per heavy atom. The fourth-order valence-corrected chi connectivity index (χ4v) is 4.73. The Balaban J connectivity index is 1.79. The van der Waals surface area contributed by atoms with Crippen LogP contribution in [-0.4, -0.2) is 53.8 Å². The zero-order valence-corrected chi connectivity index (χ0v) is 19.7. The molecule has 0 bridgehead atoms. The first-order valence-corrected chi connectivity index (χ1v) is 11.1. The molecule has 6 nitrogen and oxygen atoms in total. The molecule has 4 rings (SSSR count). The molecule has 3 aromatic rings. The number of piperazine rings is 1. The zero-order valence-electron chi connectivity index (χ0n) is 18.2. The van der Waals surface area contributed by atoms with Gasteiger partial charge in [0.2, 0.25) is 0 Å². The standard InChI is InChI=1S/C23H20Cl2F3N3O3/c1-12-9-14(34-23(26,27)28)10-16-13(2)11-31(20(12)16)22(33)18-17(24)4-3-15(19(18)25)21(32)30-7-5-29-6-8-30/h3-4,9-11,29H,5-8H2,1-2H3. The molecule has 1 aromatic heterocycles. The first kappa shape index (κ1) is 24.4. The summed E-state index contributed by atoms with van der Waals surface area (Å²) in [5, 5.41) is 3.55. The molecule has 1 saturated heterocycles. The molecule has 1 aliphatic rings. The lowest BCUT2D eigenvalue weighted by Gasteiger charge is -2.28. The van der Waals surface area contributed by atoms with E-state index in [1.165, 1.54) is 35.0 Å². The number of aryl methyl sites for hydroxylation is 2. The fraction of sp³-hybridized carbons (Fsp3) is 0.304. The minimum Gasteiger partial charge on any atom is -0.406 e. The number of carbonyl (C=O) groups excluding carboxylic acids is 2. The van der Waals surface area contributed by atoms with Crippen LogP contribution in [0.25, 0.3) is 10.9 Å². The maximum atomic E-state index is 13.6.